The van der Waals surface area contributed by atoms with Gasteiger partial charge in [0.05, 0.1) is 6.54 Å². The van der Waals surface area contributed by atoms with Crippen LogP contribution in [0.15, 0.2) is 0 Å². The molecule has 1 saturated carbocycles. The normalized spacial score (nSPS) is 27.6. The molecule has 13 heavy (non-hydrogen) atoms. The second-order valence-electron chi connectivity index (χ2n) is 4.73. The third kappa shape index (κ3) is 1.89. The molecule has 1 heterocycles. The van der Waals surface area contributed by atoms with Gasteiger partial charge in [0, 0.05) is 6.54 Å². The minimum atomic E-state index is 0.676. The molecule has 2 rings (SSSR count). The number of hydrogen-bond acceptors (Lipinski definition) is 1. The number of nitrogens with zero attached hydrogens (tertiary/aromatic N) is 1. The van der Waals surface area contributed by atoms with Crippen molar-refractivity contribution in [1.29, 1.82) is 0 Å². The Balaban J connectivity index is 1.95. The molecule has 0 aromatic rings. The van der Waals surface area contributed by atoms with Gasteiger partial charge in [-0.15, -0.1) is 6.42 Å². The van der Waals surface area contributed by atoms with Crippen LogP contribution in [0.1, 0.15) is 38.5 Å². The lowest BCUT2D eigenvalue weighted by Gasteiger charge is -2.39. The lowest BCUT2D eigenvalue weighted by atomic mass is 9.78. The second-order valence-corrected chi connectivity index (χ2v) is 4.73. The molecule has 1 nitrogen and oxygen atoms in total. The first-order chi connectivity index (χ1) is 6.35. The Morgan fingerprint density at radius 3 is 2.54 bits per heavy atom. The summed E-state index contributed by atoms with van der Waals surface area (Å²) < 4.78 is 0. The summed E-state index contributed by atoms with van der Waals surface area (Å²) in [6.45, 7) is 3.37. The molecule has 2 aliphatic rings. The van der Waals surface area contributed by atoms with Gasteiger partial charge < -0.3 is 0 Å². The summed E-state index contributed by atoms with van der Waals surface area (Å²) in [5, 5.41) is 0. The molecule has 72 valence electrons. The maximum Gasteiger partial charge on any atom is 0.0599 e. The second kappa shape index (κ2) is 3.72. The Kier molecular flexibility index (Phi) is 2.60. The standard InChI is InChI=1S/C12H19N/c1-2-9-13-10-5-8-12(11-13)6-3-4-7-12/h1H,3-11H2. The zero-order valence-electron chi connectivity index (χ0n) is 8.39. The molecule has 1 heteroatoms. The zero-order valence-corrected chi connectivity index (χ0v) is 8.39. The van der Waals surface area contributed by atoms with Crippen LogP contribution in [0.5, 0.6) is 0 Å². The van der Waals surface area contributed by atoms with Gasteiger partial charge in [-0.05, 0) is 37.6 Å². The number of terminal acetylenes is 1. The highest BCUT2D eigenvalue weighted by atomic mass is 15.1. The van der Waals surface area contributed by atoms with Crippen LogP contribution >= 0.6 is 0 Å². The van der Waals surface area contributed by atoms with E-state index in [2.05, 4.69) is 10.8 Å². The van der Waals surface area contributed by atoms with Crippen molar-refractivity contribution in [3.05, 3.63) is 0 Å². The van der Waals surface area contributed by atoms with Crippen molar-refractivity contribution in [1.82, 2.24) is 4.90 Å². The zero-order chi connectivity index (χ0) is 9.15. The van der Waals surface area contributed by atoms with Crippen LogP contribution in [0, 0.1) is 17.8 Å². The van der Waals surface area contributed by atoms with Crippen molar-refractivity contribution >= 4 is 0 Å². The average Bonchev–Trinajstić information content (AvgIpc) is 2.54. The largest absolute Gasteiger partial charge is 0.292 e. The van der Waals surface area contributed by atoms with Crippen LogP contribution in [0.4, 0.5) is 0 Å². The highest BCUT2D eigenvalue weighted by molar-refractivity contribution is 4.95. The maximum absolute atomic E-state index is 5.35. The van der Waals surface area contributed by atoms with E-state index in [0.717, 1.165) is 6.54 Å². The molecule has 0 aromatic heterocycles. The van der Waals surface area contributed by atoms with Gasteiger partial charge in [0.25, 0.3) is 0 Å². The van der Waals surface area contributed by atoms with Gasteiger partial charge in [-0.3, -0.25) is 4.90 Å². The fourth-order valence-electron chi connectivity index (χ4n) is 3.11. The van der Waals surface area contributed by atoms with Gasteiger partial charge in [0.15, 0.2) is 0 Å². The van der Waals surface area contributed by atoms with Gasteiger partial charge in [-0.25, -0.2) is 0 Å². The number of piperidine rings is 1. The lowest BCUT2D eigenvalue weighted by Crippen LogP contribution is -2.41. The molecule has 1 aliphatic heterocycles. The van der Waals surface area contributed by atoms with Crippen LogP contribution in [-0.2, 0) is 0 Å². The third-order valence-corrected chi connectivity index (χ3v) is 3.72. The van der Waals surface area contributed by atoms with Crippen LogP contribution in [0.3, 0.4) is 0 Å². The summed E-state index contributed by atoms with van der Waals surface area (Å²) in [7, 11) is 0. The smallest absolute Gasteiger partial charge is 0.0599 e. The first-order valence-electron chi connectivity index (χ1n) is 5.51. The molecule has 2 fully saturated rings. The molecular weight excluding hydrogens is 158 g/mol. The molecule has 0 unspecified atom stereocenters. The quantitative estimate of drug-likeness (QED) is 0.555. The summed E-state index contributed by atoms with van der Waals surface area (Å²) in [6.07, 6.45) is 14.0. The summed E-state index contributed by atoms with van der Waals surface area (Å²) in [5.41, 5.74) is 0.676. The molecule has 0 radical (unpaired) electrons. The molecule has 0 bridgehead atoms. The van der Waals surface area contributed by atoms with Crippen molar-refractivity contribution < 1.29 is 0 Å². The molecule has 0 aromatic carbocycles. The van der Waals surface area contributed by atoms with Crippen molar-refractivity contribution in [2.75, 3.05) is 19.6 Å². The fourth-order valence-corrected chi connectivity index (χ4v) is 3.11. The first kappa shape index (κ1) is 9.09. The summed E-state index contributed by atoms with van der Waals surface area (Å²) in [4.78, 5) is 2.47. The lowest BCUT2D eigenvalue weighted by molar-refractivity contribution is 0.104. The van der Waals surface area contributed by atoms with Crippen molar-refractivity contribution in [2.24, 2.45) is 5.41 Å². The van der Waals surface area contributed by atoms with Gasteiger partial charge in [0.2, 0.25) is 0 Å². The van der Waals surface area contributed by atoms with Gasteiger partial charge in [0.1, 0.15) is 0 Å². The van der Waals surface area contributed by atoms with Gasteiger partial charge >= 0.3 is 0 Å². The Bertz CT molecular complexity index is 208. The summed E-state index contributed by atoms with van der Waals surface area (Å²) in [5.74, 6) is 2.77. The Hall–Kier alpha value is -0.480. The van der Waals surface area contributed by atoms with E-state index in [4.69, 9.17) is 6.42 Å². The fraction of sp³-hybridized carbons (Fsp3) is 0.833. The molecule has 0 amide bonds. The highest BCUT2D eigenvalue weighted by Gasteiger charge is 2.37. The topological polar surface area (TPSA) is 3.24 Å². The molecular formula is C12H19N. The van der Waals surface area contributed by atoms with E-state index < -0.39 is 0 Å². The number of rotatable bonds is 1. The molecule has 0 atom stereocenters. The van der Waals surface area contributed by atoms with E-state index >= 15 is 0 Å². The van der Waals surface area contributed by atoms with Crippen LogP contribution in [-0.4, -0.2) is 24.5 Å². The minimum Gasteiger partial charge on any atom is -0.292 e. The van der Waals surface area contributed by atoms with E-state index in [-0.39, 0.29) is 0 Å². The van der Waals surface area contributed by atoms with E-state index in [1.807, 2.05) is 0 Å². The van der Waals surface area contributed by atoms with Crippen molar-refractivity contribution in [2.45, 2.75) is 38.5 Å². The molecule has 1 saturated heterocycles. The SMILES string of the molecule is C#CCN1CCCC2(CCCC2)C1. The summed E-state index contributed by atoms with van der Waals surface area (Å²) >= 11 is 0. The summed E-state index contributed by atoms with van der Waals surface area (Å²) in [6, 6.07) is 0. The van der Waals surface area contributed by atoms with E-state index in [1.54, 1.807) is 0 Å². The Morgan fingerprint density at radius 2 is 1.85 bits per heavy atom. The third-order valence-electron chi connectivity index (χ3n) is 3.72. The number of likely N-dealkylation sites (tertiary alicyclic amines) is 1. The Labute approximate surface area is 81.5 Å². The van der Waals surface area contributed by atoms with Crippen LogP contribution < -0.4 is 0 Å². The van der Waals surface area contributed by atoms with E-state index in [0.29, 0.717) is 5.41 Å². The average molecular weight is 177 g/mol. The van der Waals surface area contributed by atoms with E-state index in [9.17, 15) is 0 Å². The minimum absolute atomic E-state index is 0.676. The molecule has 1 aliphatic carbocycles. The highest BCUT2D eigenvalue weighted by Crippen LogP contribution is 2.44. The Morgan fingerprint density at radius 1 is 1.15 bits per heavy atom. The molecule has 1 spiro atoms. The van der Waals surface area contributed by atoms with Gasteiger partial charge in [-0.2, -0.15) is 0 Å². The maximum atomic E-state index is 5.35. The van der Waals surface area contributed by atoms with Crippen molar-refractivity contribution in [3.8, 4) is 12.3 Å². The molecule has 0 N–H and O–H groups in total. The first-order valence-corrected chi connectivity index (χ1v) is 5.51. The monoisotopic (exact) mass is 177 g/mol. The van der Waals surface area contributed by atoms with Gasteiger partial charge in [-0.1, -0.05) is 18.8 Å². The predicted molar refractivity (Wildman–Crippen MR) is 55.4 cm³/mol. The van der Waals surface area contributed by atoms with Crippen LogP contribution in [0.2, 0.25) is 0 Å². The van der Waals surface area contributed by atoms with Crippen LogP contribution in [0.25, 0.3) is 0 Å². The predicted octanol–water partition coefficient (Wildman–Crippen LogP) is 2.28. The van der Waals surface area contributed by atoms with Crippen molar-refractivity contribution in [3.63, 3.8) is 0 Å². The number of hydrogen-bond donors (Lipinski definition) is 0. The van der Waals surface area contributed by atoms with E-state index in [1.165, 1.54) is 51.6 Å².